The maximum atomic E-state index is 11.8. The van der Waals surface area contributed by atoms with Gasteiger partial charge in [-0.1, -0.05) is 0 Å². The monoisotopic (exact) mass is 419 g/mol. The molecule has 2 aromatic heterocycles. The first-order chi connectivity index (χ1) is 15.1. The van der Waals surface area contributed by atoms with Gasteiger partial charge in [-0.3, -0.25) is 4.79 Å². The summed E-state index contributed by atoms with van der Waals surface area (Å²) in [5.74, 6) is 0.996. The molecule has 0 bridgehead atoms. The Labute approximate surface area is 176 Å². The van der Waals surface area contributed by atoms with Gasteiger partial charge < -0.3 is 35.7 Å². The normalized spacial score (nSPS) is 16.5. The van der Waals surface area contributed by atoms with Crippen molar-refractivity contribution in [3.63, 3.8) is 0 Å². The predicted octanol–water partition coefficient (Wildman–Crippen LogP) is 3.01. The summed E-state index contributed by atoms with van der Waals surface area (Å²) < 4.78 is 17.4. The Balaban J connectivity index is 1.48. The molecule has 1 fully saturated rings. The number of aromatic amines is 1. The number of carbonyl (C=O) groups is 1. The molecule has 0 radical (unpaired) electrons. The average Bonchev–Trinajstić information content (AvgIpc) is 3.45. The number of nitrogens with two attached hydrogens (primary N) is 2. The highest BCUT2D eigenvalue weighted by atomic mass is 16.5. The number of hydrogen-bond acceptors (Lipinski definition) is 7. The number of ether oxygens (including phenoxy) is 2. The second-order valence-electron chi connectivity index (χ2n) is 8.01. The molecule has 1 amide bonds. The average molecular weight is 419 g/mol. The van der Waals surface area contributed by atoms with Crippen molar-refractivity contribution in [1.82, 2.24) is 9.97 Å². The number of amides is 1. The highest BCUT2D eigenvalue weighted by Crippen LogP contribution is 2.44. The molecule has 31 heavy (non-hydrogen) atoms. The fraction of sp³-hybridized carbons (Fsp3) is 0.273. The Morgan fingerprint density at radius 2 is 2.13 bits per heavy atom. The van der Waals surface area contributed by atoms with E-state index >= 15 is 0 Å². The summed E-state index contributed by atoms with van der Waals surface area (Å²) in [4.78, 5) is 19.6. The molecule has 1 aliphatic heterocycles. The zero-order valence-electron chi connectivity index (χ0n) is 16.6. The number of benzene rings is 2. The van der Waals surface area contributed by atoms with Crippen LogP contribution in [0.5, 0.6) is 11.5 Å². The van der Waals surface area contributed by atoms with Gasteiger partial charge in [-0.2, -0.15) is 4.98 Å². The standard InChI is InChI=1S/C22H21N5O4/c23-21(28)20(10-1-2-10)30-12-8-14-17-16(9-12)29-6-5-25-19(17)18(26-14)11-3-4-15-13(7-11)27-22(24)31-15/h3-4,7-10,20,25-26H,1-2,5-6H2,(H2,23,28)(H2,24,27)/t20-/m1/s1. The number of nitrogen functional groups attached to an aromatic ring is 1. The van der Waals surface area contributed by atoms with Crippen molar-refractivity contribution in [2.75, 3.05) is 24.2 Å². The van der Waals surface area contributed by atoms with Gasteiger partial charge in [0.05, 0.1) is 22.3 Å². The van der Waals surface area contributed by atoms with Crippen LogP contribution in [0.25, 0.3) is 33.3 Å². The molecule has 0 saturated heterocycles. The minimum atomic E-state index is -0.623. The fourth-order valence-electron chi connectivity index (χ4n) is 4.21. The molecule has 2 aromatic carbocycles. The number of fused-ring (bicyclic) bond motifs is 1. The summed E-state index contributed by atoms with van der Waals surface area (Å²) >= 11 is 0. The van der Waals surface area contributed by atoms with Gasteiger partial charge in [-0.05, 0) is 31.0 Å². The van der Waals surface area contributed by atoms with E-state index in [-0.39, 0.29) is 11.9 Å². The van der Waals surface area contributed by atoms with Crippen LogP contribution in [-0.2, 0) is 4.79 Å². The SMILES string of the molecule is NC(=O)[C@H](Oc1cc2c3c(c(-c4ccc5oc(N)nc5c4)[nH]c3c1)NCCO2)C1CC1. The largest absolute Gasteiger partial charge is 0.491 e. The molecule has 6 N–H and O–H groups in total. The third kappa shape index (κ3) is 3.00. The van der Waals surface area contributed by atoms with Crippen LogP contribution in [0.3, 0.4) is 0 Å². The molecule has 158 valence electrons. The number of carbonyl (C=O) groups excluding carboxylic acids is 1. The van der Waals surface area contributed by atoms with Gasteiger partial charge in [-0.25, -0.2) is 0 Å². The van der Waals surface area contributed by atoms with E-state index in [0.717, 1.165) is 40.7 Å². The first kappa shape index (κ1) is 17.9. The Morgan fingerprint density at radius 3 is 2.94 bits per heavy atom. The number of hydrogen-bond donors (Lipinski definition) is 4. The third-order valence-electron chi connectivity index (χ3n) is 5.78. The fourth-order valence-corrected chi connectivity index (χ4v) is 4.21. The van der Waals surface area contributed by atoms with Gasteiger partial charge in [0.1, 0.15) is 23.6 Å². The van der Waals surface area contributed by atoms with Gasteiger partial charge in [0.2, 0.25) is 0 Å². The van der Waals surface area contributed by atoms with Gasteiger partial charge >= 0.3 is 0 Å². The summed E-state index contributed by atoms with van der Waals surface area (Å²) in [6, 6.07) is 9.58. The molecular weight excluding hydrogens is 398 g/mol. The summed E-state index contributed by atoms with van der Waals surface area (Å²) in [6.07, 6.45) is 1.28. The predicted molar refractivity (Wildman–Crippen MR) is 116 cm³/mol. The van der Waals surface area contributed by atoms with Crippen molar-refractivity contribution in [3.8, 4) is 22.8 Å². The lowest BCUT2D eigenvalue weighted by atomic mass is 10.1. The van der Waals surface area contributed by atoms with Gasteiger partial charge in [-0.15, -0.1) is 0 Å². The molecular formula is C22H21N5O4. The maximum absolute atomic E-state index is 11.8. The maximum Gasteiger partial charge on any atom is 0.292 e. The smallest absolute Gasteiger partial charge is 0.292 e. The van der Waals surface area contributed by atoms with E-state index in [0.29, 0.717) is 35.8 Å². The third-order valence-corrected chi connectivity index (χ3v) is 5.78. The molecule has 6 rings (SSSR count). The summed E-state index contributed by atoms with van der Waals surface area (Å²) in [6.45, 7) is 1.16. The Hall–Kier alpha value is -3.88. The van der Waals surface area contributed by atoms with Crippen LogP contribution >= 0.6 is 0 Å². The number of H-pyrrole nitrogens is 1. The first-order valence-corrected chi connectivity index (χ1v) is 10.3. The van der Waals surface area contributed by atoms with Gasteiger partial charge in [0, 0.05) is 30.2 Å². The van der Waals surface area contributed by atoms with E-state index in [1.165, 1.54) is 0 Å². The van der Waals surface area contributed by atoms with Crippen LogP contribution in [0.15, 0.2) is 34.7 Å². The number of anilines is 2. The lowest BCUT2D eigenvalue weighted by Crippen LogP contribution is -2.35. The van der Waals surface area contributed by atoms with Crippen LogP contribution in [0.2, 0.25) is 0 Å². The Kier molecular flexibility index (Phi) is 3.80. The molecule has 3 heterocycles. The topological polar surface area (TPSA) is 141 Å². The van der Waals surface area contributed by atoms with Crippen LogP contribution < -0.4 is 26.3 Å². The first-order valence-electron chi connectivity index (χ1n) is 10.3. The van der Waals surface area contributed by atoms with Gasteiger partial charge in [0.15, 0.2) is 11.7 Å². The molecule has 1 aliphatic carbocycles. The van der Waals surface area contributed by atoms with E-state index in [2.05, 4.69) is 15.3 Å². The van der Waals surface area contributed by atoms with Crippen molar-refractivity contribution < 1.29 is 18.7 Å². The quantitative estimate of drug-likeness (QED) is 0.389. The number of nitrogens with one attached hydrogen (secondary N) is 2. The number of aromatic nitrogens is 2. The molecule has 4 aromatic rings. The zero-order valence-corrected chi connectivity index (χ0v) is 16.6. The Bertz CT molecular complexity index is 1340. The van der Waals surface area contributed by atoms with Crippen LogP contribution in [0.1, 0.15) is 12.8 Å². The summed E-state index contributed by atoms with van der Waals surface area (Å²) in [5.41, 5.74) is 16.2. The van der Waals surface area contributed by atoms with Crippen LogP contribution in [0, 0.1) is 5.92 Å². The van der Waals surface area contributed by atoms with E-state index in [1.54, 1.807) is 0 Å². The molecule has 1 atom stereocenters. The van der Waals surface area contributed by atoms with Crippen molar-refractivity contribution >= 4 is 39.6 Å². The minimum absolute atomic E-state index is 0.136. The second kappa shape index (κ2) is 6.56. The van der Waals surface area contributed by atoms with E-state index in [1.807, 2.05) is 30.3 Å². The molecule has 9 nitrogen and oxygen atoms in total. The summed E-state index contributed by atoms with van der Waals surface area (Å²) in [5, 5.41) is 4.39. The number of oxazole rings is 1. The van der Waals surface area contributed by atoms with Crippen molar-refractivity contribution in [1.29, 1.82) is 0 Å². The number of primary amides is 1. The highest BCUT2D eigenvalue weighted by molar-refractivity contribution is 6.06. The van der Waals surface area contributed by atoms with Crippen molar-refractivity contribution in [3.05, 3.63) is 30.3 Å². The molecule has 0 spiro atoms. The van der Waals surface area contributed by atoms with Crippen molar-refractivity contribution in [2.45, 2.75) is 18.9 Å². The number of nitrogens with zero attached hydrogens (tertiary/aromatic N) is 1. The summed E-state index contributed by atoms with van der Waals surface area (Å²) in [7, 11) is 0. The lowest BCUT2D eigenvalue weighted by molar-refractivity contribution is -0.125. The van der Waals surface area contributed by atoms with E-state index in [4.69, 9.17) is 25.4 Å². The molecule has 9 heteroatoms. The molecule has 2 aliphatic rings. The molecule has 1 saturated carbocycles. The highest BCUT2D eigenvalue weighted by Gasteiger charge is 2.37. The lowest BCUT2D eigenvalue weighted by Gasteiger charge is -2.16. The van der Waals surface area contributed by atoms with Gasteiger partial charge in [0.25, 0.3) is 11.9 Å². The van der Waals surface area contributed by atoms with Crippen molar-refractivity contribution in [2.24, 2.45) is 11.7 Å². The Morgan fingerprint density at radius 1 is 1.26 bits per heavy atom. The van der Waals surface area contributed by atoms with E-state index in [9.17, 15) is 4.79 Å². The van der Waals surface area contributed by atoms with Crippen LogP contribution in [0.4, 0.5) is 11.7 Å². The van der Waals surface area contributed by atoms with E-state index < -0.39 is 12.0 Å². The number of rotatable bonds is 5. The minimum Gasteiger partial charge on any atom is -0.491 e. The second-order valence-corrected chi connectivity index (χ2v) is 8.01. The zero-order chi connectivity index (χ0) is 21.1. The molecule has 0 unspecified atom stereocenters. The van der Waals surface area contributed by atoms with Crippen LogP contribution in [-0.4, -0.2) is 35.1 Å².